The first kappa shape index (κ1) is 18.7. The third-order valence-electron chi connectivity index (χ3n) is 4.63. The van der Waals surface area contributed by atoms with Gasteiger partial charge in [0.2, 0.25) is 0 Å². The summed E-state index contributed by atoms with van der Waals surface area (Å²) in [7, 11) is 0. The van der Waals surface area contributed by atoms with Crippen molar-refractivity contribution in [3.05, 3.63) is 83.9 Å². The Balaban J connectivity index is 1.36. The number of ether oxygens (including phenoxy) is 1. The number of nitrogens with zero attached hydrogens (tertiary/aromatic N) is 2. The van der Waals surface area contributed by atoms with Gasteiger partial charge in [-0.3, -0.25) is 4.98 Å². The lowest BCUT2D eigenvalue weighted by atomic mass is 10.1. The van der Waals surface area contributed by atoms with Gasteiger partial charge < -0.3 is 21.2 Å². The lowest BCUT2D eigenvalue weighted by Gasteiger charge is -2.13. The number of pyridine rings is 2. The predicted molar refractivity (Wildman–Crippen MR) is 117 cm³/mol. The lowest BCUT2D eigenvalue weighted by Crippen LogP contribution is -2.30. The highest BCUT2D eigenvalue weighted by Gasteiger charge is 2.10. The van der Waals surface area contributed by atoms with Gasteiger partial charge in [0.25, 0.3) is 0 Å². The molecule has 5 N–H and O–H groups in total. The van der Waals surface area contributed by atoms with E-state index >= 15 is 0 Å². The molecule has 4 aromatic rings. The number of benzene rings is 1. The largest absolute Gasteiger partial charge is 0.490 e. The van der Waals surface area contributed by atoms with Crippen LogP contribution in [0.2, 0.25) is 0 Å². The first-order chi connectivity index (χ1) is 14.2. The maximum Gasteiger partial charge on any atom is 0.138 e. The second kappa shape index (κ2) is 8.58. The molecule has 1 atom stereocenters. The van der Waals surface area contributed by atoms with Crippen molar-refractivity contribution in [3.8, 4) is 5.75 Å². The number of hydrogen-bond donors (Lipinski definition) is 3. The minimum Gasteiger partial charge on any atom is -0.490 e. The molecule has 0 aliphatic carbocycles. The van der Waals surface area contributed by atoms with Crippen LogP contribution in [0.5, 0.6) is 5.75 Å². The quantitative estimate of drug-likeness (QED) is 0.450. The molecule has 3 heterocycles. The Hall–Kier alpha value is -3.64. The molecule has 0 fully saturated rings. The molecule has 0 radical (unpaired) electrons. The van der Waals surface area contributed by atoms with Crippen molar-refractivity contribution < 1.29 is 4.74 Å². The fourth-order valence-electron chi connectivity index (χ4n) is 3.21. The van der Waals surface area contributed by atoms with Crippen molar-refractivity contribution in [3.63, 3.8) is 0 Å². The zero-order chi connectivity index (χ0) is 20.1. The van der Waals surface area contributed by atoms with E-state index in [1.165, 1.54) is 10.9 Å². The molecule has 6 heteroatoms. The highest BCUT2D eigenvalue weighted by molar-refractivity contribution is 5.83. The molecular weight excluding hydrogens is 362 g/mol. The van der Waals surface area contributed by atoms with E-state index in [9.17, 15) is 0 Å². The Bertz CT molecular complexity index is 1130. The van der Waals surface area contributed by atoms with E-state index in [0.717, 1.165) is 23.1 Å². The lowest BCUT2D eigenvalue weighted by molar-refractivity contribution is 0.287. The molecule has 0 aliphatic rings. The van der Waals surface area contributed by atoms with Gasteiger partial charge in [-0.05, 0) is 47.4 Å². The molecular formula is C23H23N5O. The summed E-state index contributed by atoms with van der Waals surface area (Å²) in [6.45, 7) is 0.412. The second-order valence-corrected chi connectivity index (χ2v) is 6.94. The average molecular weight is 385 g/mol. The molecule has 1 aromatic carbocycles. The highest BCUT2D eigenvalue weighted by atomic mass is 16.5. The fourth-order valence-corrected chi connectivity index (χ4v) is 3.21. The number of rotatable bonds is 7. The fraction of sp³-hybridized carbons (Fsp3) is 0.130. The van der Waals surface area contributed by atoms with Gasteiger partial charge in [-0.15, -0.1) is 0 Å². The van der Waals surface area contributed by atoms with Gasteiger partial charge >= 0.3 is 0 Å². The monoisotopic (exact) mass is 385 g/mol. The molecule has 6 nitrogen and oxygen atoms in total. The van der Waals surface area contributed by atoms with Gasteiger partial charge in [-0.2, -0.15) is 0 Å². The Labute approximate surface area is 169 Å². The maximum absolute atomic E-state index is 6.30. The van der Waals surface area contributed by atoms with Crippen molar-refractivity contribution in [1.29, 1.82) is 0 Å². The zero-order valence-corrected chi connectivity index (χ0v) is 16.0. The Morgan fingerprint density at radius 2 is 1.93 bits per heavy atom. The van der Waals surface area contributed by atoms with E-state index in [-0.39, 0.29) is 6.04 Å². The van der Waals surface area contributed by atoms with Crippen LogP contribution in [0.3, 0.4) is 0 Å². The number of hydrogen-bond acceptors (Lipinski definition) is 5. The summed E-state index contributed by atoms with van der Waals surface area (Å²) in [5, 5.41) is 1.20. The molecule has 0 amide bonds. The topological polar surface area (TPSA) is 103 Å². The van der Waals surface area contributed by atoms with Crippen LogP contribution in [0.4, 0.5) is 5.82 Å². The van der Waals surface area contributed by atoms with Crippen molar-refractivity contribution in [1.82, 2.24) is 15.0 Å². The zero-order valence-electron chi connectivity index (χ0n) is 16.0. The minimum absolute atomic E-state index is 0.117. The number of para-hydroxylation sites is 1. The van der Waals surface area contributed by atoms with Crippen molar-refractivity contribution in [2.24, 2.45) is 5.73 Å². The van der Waals surface area contributed by atoms with Gasteiger partial charge in [-0.25, -0.2) is 4.98 Å². The van der Waals surface area contributed by atoms with Crippen LogP contribution in [0.15, 0.2) is 67.3 Å². The molecule has 29 heavy (non-hydrogen) atoms. The van der Waals surface area contributed by atoms with Gasteiger partial charge in [0, 0.05) is 35.5 Å². The van der Waals surface area contributed by atoms with Crippen LogP contribution in [-0.4, -0.2) is 27.6 Å². The number of H-pyrrole nitrogens is 1. The van der Waals surface area contributed by atoms with E-state index in [1.54, 1.807) is 18.6 Å². The van der Waals surface area contributed by atoms with Gasteiger partial charge in [-0.1, -0.05) is 30.4 Å². The summed E-state index contributed by atoms with van der Waals surface area (Å²) in [6.07, 6.45) is 11.8. The first-order valence-electron chi connectivity index (χ1n) is 9.45. The molecule has 0 saturated carbocycles. The number of nitrogens with one attached hydrogen (secondary N) is 1. The molecule has 3 aromatic heterocycles. The second-order valence-electron chi connectivity index (χ2n) is 6.94. The maximum atomic E-state index is 6.30. The third kappa shape index (κ3) is 4.80. The minimum atomic E-state index is -0.117. The van der Waals surface area contributed by atoms with Crippen LogP contribution in [0, 0.1) is 0 Å². The van der Waals surface area contributed by atoms with Crippen molar-refractivity contribution in [2.45, 2.75) is 12.5 Å². The summed E-state index contributed by atoms with van der Waals surface area (Å²) in [6, 6.07) is 13.7. The van der Waals surface area contributed by atoms with E-state index in [4.69, 9.17) is 16.2 Å². The SMILES string of the molecule is Nc1cc(C=Cc2cncc(OCC(N)Cc3c[nH]c4ccccc34)c2)ccn1. The van der Waals surface area contributed by atoms with E-state index in [1.807, 2.05) is 48.7 Å². The molecule has 1 unspecified atom stereocenters. The molecule has 146 valence electrons. The summed E-state index contributed by atoms with van der Waals surface area (Å²) < 4.78 is 5.88. The van der Waals surface area contributed by atoms with Crippen molar-refractivity contribution >= 4 is 28.9 Å². The smallest absolute Gasteiger partial charge is 0.138 e. The Morgan fingerprint density at radius 1 is 1.07 bits per heavy atom. The predicted octanol–water partition coefficient (Wildman–Crippen LogP) is 3.66. The first-order valence-corrected chi connectivity index (χ1v) is 9.45. The molecule has 0 saturated heterocycles. The Kier molecular flexibility index (Phi) is 5.54. The van der Waals surface area contributed by atoms with Crippen LogP contribution in [0.25, 0.3) is 23.1 Å². The van der Waals surface area contributed by atoms with E-state index in [0.29, 0.717) is 18.2 Å². The summed E-state index contributed by atoms with van der Waals surface area (Å²) in [4.78, 5) is 11.5. The molecule has 0 aliphatic heterocycles. The van der Waals surface area contributed by atoms with Crippen LogP contribution in [-0.2, 0) is 6.42 Å². The number of aromatic amines is 1. The summed E-state index contributed by atoms with van der Waals surface area (Å²) >= 11 is 0. The Morgan fingerprint density at radius 3 is 2.83 bits per heavy atom. The van der Waals surface area contributed by atoms with Crippen LogP contribution < -0.4 is 16.2 Å². The number of aromatic nitrogens is 3. The number of nitrogens with two attached hydrogens (primary N) is 2. The van der Waals surface area contributed by atoms with Gasteiger partial charge in [0.1, 0.15) is 18.2 Å². The standard InChI is InChI=1S/C23H23N5O/c24-19(11-18-13-28-22-4-2-1-3-21(18)22)15-29-20-9-17(12-26-14-20)6-5-16-7-8-27-23(25)10-16/h1-10,12-14,19,28H,11,15,24H2,(H2,25,27). The van der Waals surface area contributed by atoms with E-state index in [2.05, 4.69) is 27.1 Å². The number of anilines is 1. The van der Waals surface area contributed by atoms with Crippen LogP contribution in [0.1, 0.15) is 16.7 Å². The van der Waals surface area contributed by atoms with Gasteiger partial charge in [0.15, 0.2) is 0 Å². The average Bonchev–Trinajstić information content (AvgIpc) is 3.14. The third-order valence-corrected chi connectivity index (χ3v) is 4.63. The van der Waals surface area contributed by atoms with E-state index < -0.39 is 0 Å². The highest BCUT2D eigenvalue weighted by Crippen LogP contribution is 2.19. The van der Waals surface area contributed by atoms with Crippen LogP contribution >= 0.6 is 0 Å². The molecule has 0 spiro atoms. The number of nitrogen functional groups attached to an aromatic ring is 1. The van der Waals surface area contributed by atoms with Crippen molar-refractivity contribution in [2.75, 3.05) is 12.3 Å². The molecule has 4 rings (SSSR count). The number of fused-ring (bicyclic) bond motifs is 1. The normalized spacial score (nSPS) is 12.4. The summed E-state index contributed by atoms with van der Waals surface area (Å²) in [5.41, 5.74) is 16.2. The van der Waals surface area contributed by atoms with Gasteiger partial charge in [0.05, 0.1) is 6.20 Å². The summed E-state index contributed by atoms with van der Waals surface area (Å²) in [5.74, 6) is 1.18. The molecule has 0 bridgehead atoms.